The summed E-state index contributed by atoms with van der Waals surface area (Å²) in [4.78, 5) is 0. The van der Waals surface area contributed by atoms with E-state index in [0.29, 0.717) is 12.1 Å². The predicted octanol–water partition coefficient (Wildman–Crippen LogP) is 3.18. The first-order valence-electron chi connectivity index (χ1n) is 6.70. The van der Waals surface area contributed by atoms with Crippen LogP contribution in [0.3, 0.4) is 0 Å². The van der Waals surface area contributed by atoms with Crippen LogP contribution in [0.15, 0.2) is 24.3 Å². The molecule has 0 aliphatic rings. The Morgan fingerprint density at radius 1 is 1.24 bits per heavy atom. The maximum atomic E-state index is 12.7. The van der Waals surface area contributed by atoms with Crippen molar-refractivity contribution in [2.24, 2.45) is 0 Å². The van der Waals surface area contributed by atoms with Gasteiger partial charge < -0.3 is 5.32 Å². The van der Waals surface area contributed by atoms with Crippen LogP contribution in [0.1, 0.15) is 37.9 Å². The third kappa shape index (κ3) is 5.00. The normalized spacial score (nSPS) is 14.4. The maximum Gasteiger partial charge on any atom is 0.416 e. The average molecular weight is 323 g/mol. The SMILES string of the molecule is CCNC(CS(=O)(=O)C(C)C)c1cccc(C(F)(F)F)c1. The van der Waals surface area contributed by atoms with Crippen LogP contribution in [0.4, 0.5) is 13.2 Å². The van der Waals surface area contributed by atoms with E-state index in [1.165, 1.54) is 12.1 Å². The summed E-state index contributed by atoms with van der Waals surface area (Å²) in [5.74, 6) is -0.222. The molecular weight excluding hydrogens is 303 g/mol. The van der Waals surface area contributed by atoms with Gasteiger partial charge in [0.2, 0.25) is 0 Å². The van der Waals surface area contributed by atoms with Crippen molar-refractivity contribution in [3.63, 3.8) is 0 Å². The summed E-state index contributed by atoms with van der Waals surface area (Å²) in [6.07, 6.45) is -4.44. The Balaban J connectivity index is 3.12. The van der Waals surface area contributed by atoms with Crippen LogP contribution in [-0.4, -0.2) is 26.0 Å². The first kappa shape index (κ1) is 18.0. The molecule has 0 spiro atoms. The zero-order valence-corrected chi connectivity index (χ0v) is 13.1. The van der Waals surface area contributed by atoms with E-state index in [0.717, 1.165) is 12.1 Å². The number of sulfone groups is 1. The van der Waals surface area contributed by atoms with Crippen molar-refractivity contribution >= 4 is 9.84 Å². The van der Waals surface area contributed by atoms with E-state index in [1.54, 1.807) is 20.8 Å². The third-order valence-corrected chi connectivity index (χ3v) is 5.42. The molecule has 0 amide bonds. The molecule has 0 aliphatic carbocycles. The minimum Gasteiger partial charge on any atom is -0.309 e. The van der Waals surface area contributed by atoms with E-state index in [1.807, 2.05) is 0 Å². The van der Waals surface area contributed by atoms with Crippen LogP contribution in [0.5, 0.6) is 0 Å². The number of hydrogen-bond acceptors (Lipinski definition) is 3. The van der Waals surface area contributed by atoms with Crippen molar-refractivity contribution in [2.45, 2.75) is 38.2 Å². The highest BCUT2D eigenvalue weighted by molar-refractivity contribution is 7.92. The van der Waals surface area contributed by atoms with Gasteiger partial charge in [-0.3, -0.25) is 0 Å². The number of halogens is 3. The van der Waals surface area contributed by atoms with Gasteiger partial charge in [-0.1, -0.05) is 19.1 Å². The molecule has 0 aliphatic heterocycles. The number of nitrogens with one attached hydrogen (secondary N) is 1. The van der Waals surface area contributed by atoms with E-state index in [9.17, 15) is 21.6 Å². The van der Waals surface area contributed by atoms with E-state index in [2.05, 4.69) is 5.32 Å². The molecule has 0 fully saturated rings. The molecular formula is C14H20F3NO2S. The van der Waals surface area contributed by atoms with Gasteiger partial charge in [0.05, 0.1) is 16.6 Å². The van der Waals surface area contributed by atoms with Crippen LogP contribution in [0, 0.1) is 0 Å². The lowest BCUT2D eigenvalue weighted by Crippen LogP contribution is -2.31. The van der Waals surface area contributed by atoms with Crippen molar-refractivity contribution in [3.8, 4) is 0 Å². The van der Waals surface area contributed by atoms with Gasteiger partial charge in [-0.05, 0) is 38.1 Å². The van der Waals surface area contributed by atoms with Crippen LogP contribution in [0.2, 0.25) is 0 Å². The molecule has 0 bridgehead atoms. The summed E-state index contributed by atoms with van der Waals surface area (Å²) in [6.45, 7) is 5.37. The molecule has 0 radical (unpaired) electrons. The lowest BCUT2D eigenvalue weighted by atomic mass is 10.0. The molecule has 1 unspecified atom stereocenters. The molecule has 0 saturated carbocycles. The highest BCUT2D eigenvalue weighted by Crippen LogP contribution is 2.31. The van der Waals surface area contributed by atoms with Crippen molar-refractivity contribution in [1.29, 1.82) is 0 Å². The fourth-order valence-electron chi connectivity index (χ4n) is 1.88. The summed E-state index contributed by atoms with van der Waals surface area (Å²) < 4.78 is 62.3. The Labute approximate surface area is 123 Å². The highest BCUT2D eigenvalue weighted by atomic mass is 32.2. The molecule has 7 heteroatoms. The Morgan fingerprint density at radius 2 is 1.86 bits per heavy atom. The van der Waals surface area contributed by atoms with Gasteiger partial charge in [-0.2, -0.15) is 13.2 Å². The Kier molecular flexibility index (Phi) is 5.81. The van der Waals surface area contributed by atoms with E-state index >= 15 is 0 Å². The predicted molar refractivity (Wildman–Crippen MR) is 76.8 cm³/mol. The Bertz CT molecular complexity index is 568. The minimum atomic E-state index is -4.44. The van der Waals surface area contributed by atoms with Gasteiger partial charge in [-0.25, -0.2) is 8.42 Å². The van der Waals surface area contributed by atoms with Crippen LogP contribution in [-0.2, 0) is 16.0 Å². The second kappa shape index (κ2) is 6.79. The quantitative estimate of drug-likeness (QED) is 0.874. The van der Waals surface area contributed by atoms with Crippen LogP contribution in [0.25, 0.3) is 0 Å². The van der Waals surface area contributed by atoms with Gasteiger partial charge >= 0.3 is 6.18 Å². The van der Waals surface area contributed by atoms with Gasteiger partial charge in [0, 0.05) is 6.04 Å². The summed E-state index contributed by atoms with van der Waals surface area (Å²) >= 11 is 0. The second-order valence-corrected chi connectivity index (χ2v) is 7.71. The summed E-state index contributed by atoms with van der Waals surface area (Å²) in [7, 11) is -3.36. The van der Waals surface area contributed by atoms with Crippen molar-refractivity contribution < 1.29 is 21.6 Å². The molecule has 0 saturated heterocycles. The molecule has 1 rings (SSSR count). The Hall–Kier alpha value is -1.08. The first-order valence-corrected chi connectivity index (χ1v) is 8.41. The maximum absolute atomic E-state index is 12.7. The average Bonchev–Trinajstić information content (AvgIpc) is 2.37. The molecule has 1 aromatic rings. The van der Waals surface area contributed by atoms with Crippen molar-refractivity contribution in [3.05, 3.63) is 35.4 Å². The van der Waals surface area contributed by atoms with E-state index in [-0.39, 0.29) is 5.75 Å². The van der Waals surface area contributed by atoms with Crippen LogP contribution >= 0.6 is 0 Å². The molecule has 0 heterocycles. The minimum absolute atomic E-state index is 0.222. The zero-order valence-electron chi connectivity index (χ0n) is 12.2. The molecule has 3 nitrogen and oxygen atoms in total. The number of hydrogen-bond donors (Lipinski definition) is 1. The summed E-state index contributed by atoms with van der Waals surface area (Å²) in [5, 5.41) is 2.38. The number of benzene rings is 1. The molecule has 1 aromatic carbocycles. The lowest BCUT2D eigenvalue weighted by molar-refractivity contribution is -0.137. The van der Waals surface area contributed by atoms with Crippen LogP contribution < -0.4 is 5.32 Å². The topological polar surface area (TPSA) is 46.2 Å². The largest absolute Gasteiger partial charge is 0.416 e. The van der Waals surface area contributed by atoms with Gasteiger partial charge in [0.1, 0.15) is 0 Å². The zero-order chi connectivity index (χ0) is 16.3. The van der Waals surface area contributed by atoms with Crippen molar-refractivity contribution in [2.75, 3.05) is 12.3 Å². The smallest absolute Gasteiger partial charge is 0.309 e. The van der Waals surface area contributed by atoms with E-state index < -0.39 is 32.9 Å². The van der Waals surface area contributed by atoms with E-state index in [4.69, 9.17) is 0 Å². The van der Waals surface area contributed by atoms with Gasteiger partial charge in [0.25, 0.3) is 0 Å². The fourth-order valence-corrected chi connectivity index (χ4v) is 3.04. The number of alkyl halides is 3. The molecule has 1 atom stereocenters. The lowest BCUT2D eigenvalue weighted by Gasteiger charge is -2.21. The molecule has 21 heavy (non-hydrogen) atoms. The molecule has 120 valence electrons. The third-order valence-electron chi connectivity index (χ3n) is 3.18. The fraction of sp³-hybridized carbons (Fsp3) is 0.571. The Morgan fingerprint density at radius 3 is 2.33 bits per heavy atom. The highest BCUT2D eigenvalue weighted by Gasteiger charge is 2.31. The summed E-state index contributed by atoms with van der Waals surface area (Å²) in [5.41, 5.74) is -0.444. The van der Waals surface area contributed by atoms with Gasteiger partial charge in [-0.15, -0.1) is 0 Å². The molecule has 1 N–H and O–H groups in total. The number of rotatable bonds is 6. The second-order valence-electron chi connectivity index (χ2n) is 5.11. The summed E-state index contributed by atoms with van der Waals surface area (Å²) in [6, 6.07) is 4.14. The standard InChI is InChI=1S/C14H20F3NO2S/c1-4-18-13(9-21(19,20)10(2)3)11-6-5-7-12(8-11)14(15,16)17/h5-8,10,13,18H,4,9H2,1-3H3. The first-order chi connectivity index (χ1) is 9.58. The van der Waals surface area contributed by atoms with Crippen molar-refractivity contribution in [1.82, 2.24) is 5.32 Å². The molecule has 0 aromatic heterocycles. The monoisotopic (exact) mass is 323 g/mol. The van der Waals surface area contributed by atoms with Gasteiger partial charge in [0.15, 0.2) is 9.84 Å².